The van der Waals surface area contributed by atoms with Crippen LogP contribution in [0.5, 0.6) is 0 Å². The summed E-state index contributed by atoms with van der Waals surface area (Å²) in [5, 5.41) is 0.337. The van der Waals surface area contributed by atoms with Crippen LogP contribution in [0.15, 0.2) is 47.4 Å². The zero-order chi connectivity index (χ0) is 20.3. The van der Waals surface area contributed by atoms with E-state index in [0.29, 0.717) is 11.3 Å². The second-order valence-corrected chi connectivity index (χ2v) is 9.46. The number of nitrogens with zero attached hydrogens (tertiary/aromatic N) is 1. The van der Waals surface area contributed by atoms with Crippen LogP contribution in [0, 0.1) is 0 Å². The van der Waals surface area contributed by atoms with Gasteiger partial charge in [-0.1, -0.05) is 48.5 Å². The molecule has 0 bridgehead atoms. The number of nitrogens with one attached hydrogen (secondary N) is 1. The minimum Gasteiger partial charge on any atom is -0.339 e. The third kappa shape index (κ3) is 4.80. The van der Waals surface area contributed by atoms with Crippen LogP contribution < -0.4 is 4.72 Å². The van der Waals surface area contributed by atoms with Crippen molar-refractivity contribution >= 4 is 44.8 Å². The molecule has 150 valence electrons. The first kappa shape index (κ1) is 21.0. The van der Waals surface area contributed by atoms with Crippen molar-refractivity contribution in [2.24, 2.45) is 0 Å². The normalized spacial score (nSPS) is 15.2. The van der Waals surface area contributed by atoms with E-state index in [1.165, 1.54) is 30.7 Å². The van der Waals surface area contributed by atoms with Gasteiger partial charge >= 0.3 is 0 Å². The van der Waals surface area contributed by atoms with E-state index in [2.05, 4.69) is 4.72 Å². The van der Waals surface area contributed by atoms with Crippen molar-refractivity contribution < 1.29 is 13.2 Å². The monoisotopic (exact) mass is 440 g/mol. The quantitative estimate of drug-likeness (QED) is 0.694. The van der Waals surface area contributed by atoms with E-state index < -0.39 is 10.0 Å². The Kier molecular flexibility index (Phi) is 6.53. The van der Waals surface area contributed by atoms with E-state index in [1.54, 1.807) is 30.1 Å². The van der Waals surface area contributed by atoms with Gasteiger partial charge in [-0.15, -0.1) is 0 Å². The maximum atomic E-state index is 12.8. The Balaban J connectivity index is 1.81. The Morgan fingerprint density at radius 2 is 1.79 bits per heavy atom. The predicted molar refractivity (Wildman–Crippen MR) is 113 cm³/mol. The number of amides is 1. The Hall–Kier alpha value is -1.76. The second kappa shape index (κ2) is 8.72. The Bertz CT molecular complexity index is 973. The van der Waals surface area contributed by atoms with Crippen LogP contribution in [-0.4, -0.2) is 32.3 Å². The number of sulfonamides is 1. The highest BCUT2D eigenvalue weighted by atomic mass is 35.5. The highest BCUT2D eigenvalue weighted by molar-refractivity contribution is 7.92. The number of hydrogen-bond acceptors (Lipinski definition) is 3. The first-order valence-corrected chi connectivity index (χ1v) is 11.4. The van der Waals surface area contributed by atoms with Crippen LogP contribution in [0.4, 0.5) is 5.69 Å². The molecule has 0 radical (unpaired) electrons. The van der Waals surface area contributed by atoms with Crippen molar-refractivity contribution in [3.05, 3.63) is 58.1 Å². The average molecular weight is 441 g/mol. The number of anilines is 1. The first-order valence-electron chi connectivity index (χ1n) is 9.13. The van der Waals surface area contributed by atoms with E-state index in [9.17, 15) is 13.2 Å². The zero-order valence-corrected chi connectivity index (χ0v) is 17.8. The third-order valence-corrected chi connectivity index (χ3v) is 7.09. The average Bonchev–Trinajstić information content (AvgIpc) is 2.69. The lowest BCUT2D eigenvalue weighted by Gasteiger charge is -2.31. The molecule has 1 N–H and O–H groups in total. The van der Waals surface area contributed by atoms with Crippen molar-refractivity contribution in [1.29, 1.82) is 0 Å². The maximum Gasteiger partial charge on any atom is 0.263 e. The fourth-order valence-corrected chi connectivity index (χ4v) is 5.26. The van der Waals surface area contributed by atoms with E-state index in [-0.39, 0.29) is 26.9 Å². The fourth-order valence-electron chi connectivity index (χ4n) is 3.45. The van der Waals surface area contributed by atoms with Crippen molar-refractivity contribution in [3.63, 3.8) is 0 Å². The number of hydrogen-bond donors (Lipinski definition) is 1. The second-order valence-electron chi connectivity index (χ2n) is 6.97. The predicted octanol–water partition coefficient (Wildman–Crippen LogP) is 5.20. The van der Waals surface area contributed by atoms with Gasteiger partial charge in [-0.2, -0.15) is 0 Å². The van der Waals surface area contributed by atoms with E-state index >= 15 is 0 Å². The Morgan fingerprint density at radius 3 is 2.50 bits per heavy atom. The molecule has 0 aliphatic heterocycles. The smallest absolute Gasteiger partial charge is 0.263 e. The summed E-state index contributed by atoms with van der Waals surface area (Å²) in [7, 11) is -2.13. The van der Waals surface area contributed by atoms with Crippen LogP contribution in [0.1, 0.15) is 42.5 Å². The minimum atomic E-state index is -3.94. The minimum absolute atomic E-state index is 0.0705. The number of carbonyl (C=O) groups is 1. The summed E-state index contributed by atoms with van der Waals surface area (Å²) in [5.41, 5.74) is 0.726. The molecule has 0 heterocycles. The summed E-state index contributed by atoms with van der Waals surface area (Å²) < 4.78 is 27.8. The Morgan fingerprint density at radius 1 is 1.07 bits per heavy atom. The molecular weight excluding hydrogens is 419 g/mol. The number of carbonyl (C=O) groups excluding carboxylic acids is 1. The summed E-state index contributed by atoms with van der Waals surface area (Å²) in [6.45, 7) is 0. The van der Waals surface area contributed by atoms with Crippen LogP contribution in [-0.2, 0) is 10.0 Å². The van der Waals surface area contributed by atoms with Gasteiger partial charge in [0, 0.05) is 29.4 Å². The van der Waals surface area contributed by atoms with Gasteiger partial charge in [0.2, 0.25) is 0 Å². The van der Waals surface area contributed by atoms with Gasteiger partial charge in [0.1, 0.15) is 4.90 Å². The lowest BCUT2D eigenvalue weighted by Crippen LogP contribution is -2.38. The molecule has 1 aliphatic rings. The zero-order valence-electron chi connectivity index (χ0n) is 15.5. The largest absolute Gasteiger partial charge is 0.339 e. The summed E-state index contributed by atoms with van der Waals surface area (Å²) in [4.78, 5) is 14.5. The summed E-state index contributed by atoms with van der Waals surface area (Å²) in [5.74, 6) is -0.117. The Labute approximate surface area is 175 Å². The van der Waals surface area contributed by atoms with E-state index in [0.717, 1.165) is 25.7 Å². The van der Waals surface area contributed by atoms with Gasteiger partial charge in [0.05, 0.1) is 5.02 Å². The van der Waals surface area contributed by atoms with Crippen LogP contribution in [0.25, 0.3) is 0 Å². The highest BCUT2D eigenvalue weighted by Gasteiger charge is 2.24. The summed E-state index contributed by atoms with van der Waals surface area (Å²) in [6.07, 6.45) is 5.47. The van der Waals surface area contributed by atoms with E-state index in [4.69, 9.17) is 23.2 Å². The SMILES string of the molecule is CN(C(=O)c1cccc(NS(=O)(=O)c2cc(Cl)ccc2Cl)c1)C1CCCCC1. The molecule has 1 aliphatic carbocycles. The maximum absolute atomic E-state index is 12.8. The molecule has 0 aromatic heterocycles. The molecular formula is C20H22Cl2N2O3S. The van der Waals surface area contributed by atoms with Gasteiger partial charge in [0.15, 0.2) is 0 Å². The van der Waals surface area contributed by atoms with Gasteiger partial charge in [-0.3, -0.25) is 9.52 Å². The number of rotatable bonds is 5. The third-order valence-electron chi connectivity index (χ3n) is 4.99. The summed E-state index contributed by atoms with van der Waals surface area (Å²) >= 11 is 11.9. The van der Waals surface area contributed by atoms with Gasteiger partial charge in [-0.05, 0) is 49.2 Å². The molecule has 0 spiro atoms. The molecule has 3 rings (SSSR count). The lowest BCUT2D eigenvalue weighted by molar-refractivity contribution is 0.0696. The molecule has 1 saturated carbocycles. The van der Waals surface area contributed by atoms with Gasteiger partial charge in [0.25, 0.3) is 15.9 Å². The molecule has 0 atom stereocenters. The molecule has 28 heavy (non-hydrogen) atoms. The summed E-state index contributed by atoms with van der Waals surface area (Å²) in [6, 6.07) is 10.9. The van der Waals surface area contributed by atoms with Crippen LogP contribution in [0.3, 0.4) is 0 Å². The number of benzene rings is 2. The molecule has 5 nitrogen and oxygen atoms in total. The van der Waals surface area contributed by atoms with Crippen molar-refractivity contribution in [3.8, 4) is 0 Å². The fraction of sp³-hybridized carbons (Fsp3) is 0.350. The standard InChI is InChI=1S/C20H22Cl2N2O3S/c1-24(17-8-3-2-4-9-17)20(25)14-6-5-7-16(12-14)23-28(26,27)19-13-15(21)10-11-18(19)22/h5-7,10-13,17,23H,2-4,8-9H2,1H3. The van der Waals surface area contributed by atoms with Gasteiger partial charge in [-0.25, -0.2) is 8.42 Å². The van der Waals surface area contributed by atoms with Crippen molar-refractivity contribution in [1.82, 2.24) is 4.90 Å². The topological polar surface area (TPSA) is 66.5 Å². The first-order chi connectivity index (χ1) is 13.3. The molecule has 0 saturated heterocycles. The van der Waals surface area contributed by atoms with Gasteiger partial charge < -0.3 is 4.90 Å². The highest BCUT2D eigenvalue weighted by Crippen LogP contribution is 2.28. The molecule has 1 fully saturated rings. The molecule has 2 aromatic carbocycles. The molecule has 2 aromatic rings. The molecule has 8 heteroatoms. The van der Waals surface area contributed by atoms with E-state index in [1.807, 2.05) is 0 Å². The molecule has 1 amide bonds. The van der Waals surface area contributed by atoms with Crippen molar-refractivity contribution in [2.45, 2.75) is 43.0 Å². The molecule has 0 unspecified atom stereocenters. The lowest BCUT2D eigenvalue weighted by atomic mass is 9.94. The van der Waals surface area contributed by atoms with Crippen LogP contribution >= 0.6 is 23.2 Å². The van der Waals surface area contributed by atoms with Crippen LogP contribution in [0.2, 0.25) is 10.0 Å². The number of halogens is 2. The van der Waals surface area contributed by atoms with Crippen molar-refractivity contribution in [2.75, 3.05) is 11.8 Å².